The van der Waals surface area contributed by atoms with Crippen molar-refractivity contribution in [3.05, 3.63) is 216 Å². The van der Waals surface area contributed by atoms with E-state index >= 15 is 0 Å². The van der Waals surface area contributed by atoms with Crippen molar-refractivity contribution in [2.45, 2.75) is 39.5 Å². The Hall–Kier alpha value is -9.02. The maximum atomic E-state index is 14.9. The lowest BCUT2D eigenvalue weighted by Gasteiger charge is -2.26. The van der Waals surface area contributed by atoms with E-state index in [4.69, 9.17) is 18.9 Å². The van der Waals surface area contributed by atoms with Gasteiger partial charge in [0.05, 0.1) is 51.0 Å². The predicted molar refractivity (Wildman–Crippen MR) is 306 cm³/mol. The molecule has 382 valence electrons. The van der Waals surface area contributed by atoms with Gasteiger partial charge in [0.15, 0.2) is 0 Å². The number of fused-ring (bicyclic) bond motifs is 1. The van der Waals surface area contributed by atoms with Crippen LogP contribution in [-0.4, -0.2) is 63.1 Å². The third-order valence-electron chi connectivity index (χ3n) is 14.2. The van der Waals surface area contributed by atoms with Gasteiger partial charge >= 0.3 is 0 Å². The van der Waals surface area contributed by atoms with Crippen LogP contribution in [0.2, 0.25) is 0 Å². The van der Waals surface area contributed by atoms with Crippen LogP contribution in [0, 0.1) is 0 Å². The summed E-state index contributed by atoms with van der Waals surface area (Å²) in [5.41, 5.74) is 14.1. The summed E-state index contributed by atoms with van der Waals surface area (Å²) in [4.78, 5) is 37.9. The number of methoxy groups -OCH3 is 4. The summed E-state index contributed by atoms with van der Waals surface area (Å²) in [7, 11) is 6.67. The molecule has 2 heterocycles. The molecule has 76 heavy (non-hydrogen) atoms. The van der Waals surface area contributed by atoms with E-state index in [0.29, 0.717) is 35.6 Å². The van der Waals surface area contributed by atoms with E-state index in [9.17, 15) is 9.59 Å². The Bertz CT molecular complexity index is 3050. The number of anilines is 6. The molecular weight excluding hydrogens is 945 g/mol. The first-order chi connectivity index (χ1) is 37.2. The van der Waals surface area contributed by atoms with Crippen molar-refractivity contribution in [1.29, 1.82) is 0 Å². The maximum absolute atomic E-state index is 14.9. The van der Waals surface area contributed by atoms with Crippen molar-refractivity contribution >= 4 is 57.3 Å². The van der Waals surface area contributed by atoms with Gasteiger partial charge in [0.25, 0.3) is 11.8 Å². The highest BCUT2D eigenvalue weighted by Crippen LogP contribution is 2.48. The first-order valence-electron chi connectivity index (χ1n) is 26.0. The van der Waals surface area contributed by atoms with Gasteiger partial charge in [-0.25, -0.2) is 0 Å². The summed E-state index contributed by atoms with van der Waals surface area (Å²) >= 11 is 0. The predicted octanol–water partition coefficient (Wildman–Crippen LogP) is 15.4. The van der Waals surface area contributed by atoms with Gasteiger partial charge in [0.1, 0.15) is 23.0 Å². The highest BCUT2D eigenvalue weighted by molar-refractivity contribution is 6.30. The van der Waals surface area contributed by atoms with Crippen LogP contribution in [0.4, 0.5) is 34.1 Å². The van der Waals surface area contributed by atoms with E-state index < -0.39 is 0 Å². The highest BCUT2D eigenvalue weighted by Gasteiger charge is 2.48. The molecule has 2 amide bonds. The minimum Gasteiger partial charge on any atom is -0.497 e. The van der Waals surface area contributed by atoms with Gasteiger partial charge in [-0.3, -0.25) is 9.59 Å². The maximum Gasteiger partial charge on any atom is 0.261 e. The normalized spacial score (nSPS) is 13.1. The van der Waals surface area contributed by atoms with Crippen LogP contribution in [0.15, 0.2) is 205 Å². The van der Waals surface area contributed by atoms with E-state index in [1.165, 1.54) is 0 Å². The van der Waals surface area contributed by atoms with Crippen molar-refractivity contribution in [2.24, 2.45) is 0 Å². The van der Waals surface area contributed by atoms with E-state index in [2.05, 4.69) is 121 Å². The summed E-state index contributed by atoms with van der Waals surface area (Å²) < 4.78 is 21.8. The Morgan fingerprint density at radius 2 is 0.526 bits per heavy atom. The van der Waals surface area contributed by atoms with Gasteiger partial charge in [-0.15, -0.1) is 0 Å². The molecule has 2 aliphatic heterocycles. The van der Waals surface area contributed by atoms with Crippen LogP contribution >= 0.6 is 0 Å². The largest absolute Gasteiger partial charge is 0.497 e. The van der Waals surface area contributed by atoms with E-state index in [1.54, 1.807) is 28.4 Å². The number of nitrogens with zero attached hydrogens (tertiary/aromatic N) is 4. The Labute approximate surface area is 446 Å². The zero-order valence-corrected chi connectivity index (χ0v) is 44.0. The number of unbranched alkanes of at least 4 members (excludes halogenated alkanes) is 2. The molecule has 0 bridgehead atoms. The summed E-state index contributed by atoms with van der Waals surface area (Å²) in [6.45, 7) is 5.27. The first kappa shape index (κ1) is 50.5. The second-order valence-electron chi connectivity index (χ2n) is 18.8. The van der Waals surface area contributed by atoms with Crippen molar-refractivity contribution in [1.82, 2.24) is 9.80 Å². The molecule has 0 spiro atoms. The quantitative estimate of drug-likeness (QED) is 0.0747. The molecule has 0 saturated heterocycles. The van der Waals surface area contributed by atoms with Crippen LogP contribution in [0.5, 0.6) is 23.0 Å². The minimum absolute atomic E-state index is 0.128. The second-order valence-corrected chi connectivity index (χ2v) is 18.8. The zero-order valence-electron chi connectivity index (χ0n) is 44.0. The third kappa shape index (κ3) is 10.0. The SMILES string of the molecule is CCCCN1C(=O)C2=C(c3ccc(-c4ccc(N(c5ccc(OC)cc5)c5ccc(OC)cc5)cc4)cc3)N(CCCC)C(=O)C2=C1c1ccc(-c2ccc(N(c3ccc(OC)cc3)c3ccc(OC)cc3)cc2)cc1. The fourth-order valence-corrected chi connectivity index (χ4v) is 10.1. The Morgan fingerprint density at radius 3 is 0.750 bits per heavy atom. The summed E-state index contributed by atoms with van der Waals surface area (Å²) in [6.07, 6.45) is 3.42. The van der Waals surface area contributed by atoms with Crippen molar-refractivity contribution < 1.29 is 28.5 Å². The third-order valence-corrected chi connectivity index (χ3v) is 14.2. The van der Waals surface area contributed by atoms with Gasteiger partial charge in [0, 0.05) is 47.2 Å². The van der Waals surface area contributed by atoms with Crippen molar-refractivity contribution in [3.63, 3.8) is 0 Å². The van der Waals surface area contributed by atoms with Crippen LogP contribution in [-0.2, 0) is 9.59 Å². The molecule has 0 atom stereocenters. The standard InChI is InChI=1S/C66H62N4O6/c1-7-9-43-67-63(49-15-11-45(12-16-49)47-19-23-51(24-20-47)69(53-27-35-57(73-3)36-28-53)54-29-37-58(74-4)38-30-54)61-62(65(67)71)64(68(66(61)72)44-10-8-2)50-17-13-46(14-18-50)48-21-25-52(26-22-48)70(55-31-39-59(75-5)40-32-55)56-33-41-60(76-6)42-34-56/h11-42H,7-10,43-44H2,1-6H3. The number of carbonyl (C=O) groups excluding carboxylic acids is 2. The van der Waals surface area contributed by atoms with Crippen LogP contribution in [0.25, 0.3) is 33.6 Å². The molecule has 10 nitrogen and oxygen atoms in total. The summed E-state index contributed by atoms with van der Waals surface area (Å²) in [5.74, 6) is 2.89. The van der Waals surface area contributed by atoms with Gasteiger partial charge in [-0.2, -0.15) is 0 Å². The number of hydrogen-bond donors (Lipinski definition) is 0. The molecule has 0 unspecified atom stereocenters. The number of carbonyl (C=O) groups is 2. The lowest BCUT2D eigenvalue weighted by atomic mass is 9.98. The summed E-state index contributed by atoms with van der Waals surface area (Å²) in [6, 6.07) is 65.6. The van der Waals surface area contributed by atoms with Gasteiger partial charge in [0.2, 0.25) is 0 Å². The number of rotatable bonds is 20. The molecule has 2 aliphatic rings. The van der Waals surface area contributed by atoms with Crippen molar-refractivity contribution in [3.8, 4) is 45.3 Å². The molecule has 0 N–H and O–H groups in total. The molecule has 0 aliphatic carbocycles. The van der Waals surface area contributed by atoms with Crippen LogP contribution in [0.1, 0.15) is 50.7 Å². The molecular formula is C66H62N4O6. The average Bonchev–Trinajstić information content (AvgIpc) is 3.94. The first-order valence-corrected chi connectivity index (χ1v) is 26.0. The zero-order chi connectivity index (χ0) is 52.7. The Kier molecular flexibility index (Phi) is 15.0. The fourth-order valence-electron chi connectivity index (χ4n) is 10.1. The van der Waals surface area contributed by atoms with E-state index in [0.717, 1.165) is 116 Å². The number of amides is 2. The van der Waals surface area contributed by atoms with Gasteiger partial charge in [-0.1, -0.05) is 99.5 Å². The Balaban J connectivity index is 0.958. The molecule has 8 aromatic carbocycles. The highest BCUT2D eigenvalue weighted by atomic mass is 16.5. The van der Waals surface area contributed by atoms with E-state index in [1.807, 2.05) is 107 Å². The lowest BCUT2D eigenvalue weighted by Crippen LogP contribution is -2.31. The molecule has 0 fully saturated rings. The number of ether oxygens (including phenoxy) is 4. The molecule has 0 aromatic heterocycles. The minimum atomic E-state index is -0.128. The molecule has 10 rings (SSSR count). The van der Waals surface area contributed by atoms with Crippen molar-refractivity contribution in [2.75, 3.05) is 51.3 Å². The smallest absolute Gasteiger partial charge is 0.261 e. The molecule has 0 radical (unpaired) electrons. The average molecular weight is 1010 g/mol. The topological polar surface area (TPSA) is 84.0 Å². The summed E-state index contributed by atoms with van der Waals surface area (Å²) in [5, 5.41) is 0. The number of benzene rings is 8. The van der Waals surface area contributed by atoms with Gasteiger partial charge < -0.3 is 38.5 Å². The number of hydrogen-bond acceptors (Lipinski definition) is 8. The van der Waals surface area contributed by atoms with Crippen LogP contribution < -0.4 is 28.7 Å². The Morgan fingerprint density at radius 1 is 0.316 bits per heavy atom. The molecule has 10 heteroatoms. The van der Waals surface area contributed by atoms with Crippen LogP contribution in [0.3, 0.4) is 0 Å². The second kappa shape index (κ2) is 22.6. The van der Waals surface area contributed by atoms with Gasteiger partial charge in [-0.05, 0) is 168 Å². The molecule has 0 saturated carbocycles. The monoisotopic (exact) mass is 1010 g/mol. The lowest BCUT2D eigenvalue weighted by molar-refractivity contribution is -0.124. The fraction of sp³-hybridized carbons (Fsp3) is 0.182. The van der Waals surface area contributed by atoms with E-state index in [-0.39, 0.29) is 11.8 Å². The molecule has 8 aromatic rings.